The maximum absolute atomic E-state index is 12.5. The number of alkyl halides is 2. The van der Waals surface area contributed by atoms with Gasteiger partial charge in [0.15, 0.2) is 0 Å². The summed E-state index contributed by atoms with van der Waals surface area (Å²) >= 11 is 0. The molecular weight excluding hydrogens is 218 g/mol. The van der Waals surface area contributed by atoms with E-state index in [1.165, 1.54) is 0 Å². The number of carbonyl (C=O) groups excluding carboxylic acids is 2. The molecule has 0 aromatic rings. The van der Waals surface area contributed by atoms with E-state index in [1.807, 2.05) is 0 Å². The molecule has 0 aromatic heterocycles. The van der Waals surface area contributed by atoms with E-state index in [9.17, 15) is 18.4 Å². The van der Waals surface area contributed by atoms with Gasteiger partial charge in [0.1, 0.15) is 11.2 Å². The van der Waals surface area contributed by atoms with Crippen LogP contribution in [0.25, 0.3) is 0 Å². The molecule has 1 unspecified atom stereocenters. The molecule has 1 fully saturated rings. The van der Waals surface area contributed by atoms with Crippen molar-refractivity contribution in [1.29, 1.82) is 0 Å². The van der Waals surface area contributed by atoms with E-state index in [0.29, 0.717) is 12.8 Å². The summed E-state index contributed by atoms with van der Waals surface area (Å²) in [6, 6.07) is 0. The molecular formula is C11H16F2O3. The number of carbonyl (C=O) groups is 2. The minimum atomic E-state index is -2.66. The predicted octanol–water partition coefficient (Wildman–Crippen LogP) is 2.33. The summed E-state index contributed by atoms with van der Waals surface area (Å²) in [6.07, 6.45) is -1.68. The number of Topliss-reactive ketones (excluding diaryl/α,β-unsaturated/α-hetero) is 1. The minimum absolute atomic E-state index is 0.108. The Balaban J connectivity index is 2.90. The third-order valence-corrected chi connectivity index (χ3v) is 2.96. The van der Waals surface area contributed by atoms with Gasteiger partial charge in [-0.15, -0.1) is 0 Å². The van der Waals surface area contributed by atoms with Crippen LogP contribution in [0.15, 0.2) is 0 Å². The summed E-state index contributed by atoms with van der Waals surface area (Å²) in [5, 5.41) is 0. The van der Waals surface area contributed by atoms with Gasteiger partial charge in [0, 0.05) is 12.8 Å². The predicted molar refractivity (Wildman–Crippen MR) is 53.2 cm³/mol. The monoisotopic (exact) mass is 234 g/mol. The van der Waals surface area contributed by atoms with Crippen molar-refractivity contribution in [1.82, 2.24) is 0 Å². The molecule has 0 aliphatic heterocycles. The van der Waals surface area contributed by atoms with Gasteiger partial charge in [-0.2, -0.15) is 0 Å². The molecule has 0 spiro atoms. The first kappa shape index (κ1) is 13.1. The molecule has 0 saturated heterocycles. The largest absolute Gasteiger partial charge is 0.465 e. The van der Waals surface area contributed by atoms with Crippen LogP contribution < -0.4 is 0 Å². The van der Waals surface area contributed by atoms with Crippen LogP contribution >= 0.6 is 0 Å². The summed E-state index contributed by atoms with van der Waals surface area (Å²) in [6.45, 7) is 1.71. The highest BCUT2D eigenvalue weighted by atomic mass is 19.3. The highest BCUT2D eigenvalue weighted by molar-refractivity contribution is 6.04. The van der Waals surface area contributed by atoms with Crippen molar-refractivity contribution in [2.75, 3.05) is 6.61 Å². The van der Waals surface area contributed by atoms with Crippen molar-refractivity contribution < 1.29 is 23.1 Å². The first-order valence-electron chi connectivity index (χ1n) is 5.51. The Hall–Kier alpha value is -1.00. The van der Waals surface area contributed by atoms with Gasteiger partial charge in [0.2, 0.25) is 6.43 Å². The number of hydrogen-bond acceptors (Lipinski definition) is 3. The lowest BCUT2D eigenvalue weighted by Gasteiger charge is -2.32. The van der Waals surface area contributed by atoms with Crippen LogP contribution in [0.2, 0.25) is 0 Å². The normalized spacial score (nSPS) is 25.9. The Kier molecular flexibility index (Phi) is 4.38. The highest BCUT2D eigenvalue weighted by Crippen LogP contribution is 2.39. The molecule has 1 atom stereocenters. The lowest BCUT2D eigenvalue weighted by atomic mass is 9.71. The van der Waals surface area contributed by atoms with Crippen molar-refractivity contribution in [3.63, 3.8) is 0 Å². The van der Waals surface area contributed by atoms with E-state index in [4.69, 9.17) is 4.74 Å². The molecule has 5 heteroatoms. The van der Waals surface area contributed by atoms with Gasteiger partial charge in [-0.1, -0.05) is 6.42 Å². The molecule has 1 aliphatic carbocycles. The molecule has 1 aliphatic rings. The second kappa shape index (κ2) is 5.37. The molecule has 0 aromatic carbocycles. The smallest absolute Gasteiger partial charge is 0.319 e. The third-order valence-electron chi connectivity index (χ3n) is 2.96. The molecule has 16 heavy (non-hydrogen) atoms. The fourth-order valence-electron chi connectivity index (χ4n) is 2.14. The van der Waals surface area contributed by atoms with E-state index in [0.717, 1.165) is 0 Å². The summed E-state index contributed by atoms with van der Waals surface area (Å²) in [5.74, 6) is -1.17. The Labute approximate surface area is 93.2 Å². The summed E-state index contributed by atoms with van der Waals surface area (Å²) in [7, 11) is 0. The fourth-order valence-corrected chi connectivity index (χ4v) is 2.14. The van der Waals surface area contributed by atoms with Crippen LogP contribution in [0.4, 0.5) is 8.78 Å². The highest BCUT2D eigenvalue weighted by Gasteiger charge is 2.49. The number of esters is 1. The molecule has 0 N–H and O–H groups in total. The van der Waals surface area contributed by atoms with Crippen LogP contribution in [0.3, 0.4) is 0 Å². The van der Waals surface area contributed by atoms with Gasteiger partial charge in [-0.05, 0) is 19.8 Å². The number of hydrogen-bond donors (Lipinski definition) is 0. The fraction of sp³-hybridized carbons (Fsp3) is 0.818. The van der Waals surface area contributed by atoms with E-state index in [-0.39, 0.29) is 19.4 Å². The van der Waals surface area contributed by atoms with Gasteiger partial charge < -0.3 is 4.74 Å². The van der Waals surface area contributed by atoms with E-state index in [2.05, 4.69) is 0 Å². The number of rotatable bonds is 4. The van der Waals surface area contributed by atoms with Gasteiger partial charge in [-0.3, -0.25) is 9.59 Å². The van der Waals surface area contributed by atoms with Crippen molar-refractivity contribution in [3.05, 3.63) is 0 Å². The topological polar surface area (TPSA) is 43.4 Å². The van der Waals surface area contributed by atoms with Gasteiger partial charge in [0.05, 0.1) is 6.61 Å². The average Bonchev–Trinajstić information content (AvgIpc) is 2.21. The van der Waals surface area contributed by atoms with Gasteiger partial charge >= 0.3 is 5.97 Å². The molecule has 0 heterocycles. The first-order valence-corrected chi connectivity index (χ1v) is 5.51. The average molecular weight is 234 g/mol. The van der Waals surface area contributed by atoms with Crippen molar-refractivity contribution >= 4 is 11.8 Å². The zero-order valence-corrected chi connectivity index (χ0v) is 9.30. The van der Waals surface area contributed by atoms with Gasteiger partial charge in [-0.25, -0.2) is 8.78 Å². The maximum atomic E-state index is 12.5. The van der Waals surface area contributed by atoms with E-state index >= 15 is 0 Å². The maximum Gasteiger partial charge on any atom is 0.319 e. The molecule has 1 saturated carbocycles. The molecule has 0 amide bonds. The SMILES string of the molecule is CCOC(=O)C1(CC(F)F)CCCCC1=O. The minimum Gasteiger partial charge on any atom is -0.465 e. The lowest BCUT2D eigenvalue weighted by molar-refractivity contribution is -0.165. The quantitative estimate of drug-likeness (QED) is 0.554. The number of halogens is 2. The summed E-state index contributed by atoms with van der Waals surface area (Å²) < 4.78 is 29.7. The molecule has 1 rings (SSSR count). The van der Waals surface area contributed by atoms with Crippen molar-refractivity contribution in [2.45, 2.75) is 45.5 Å². The van der Waals surface area contributed by atoms with Crippen LogP contribution in [-0.4, -0.2) is 24.8 Å². The second-order valence-corrected chi connectivity index (χ2v) is 4.03. The van der Waals surface area contributed by atoms with E-state index < -0.39 is 30.0 Å². The van der Waals surface area contributed by atoms with Crippen LogP contribution in [0.1, 0.15) is 39.0 Å². The summed E-state index contributed by atoms with van der Waals surface area (Å²) in [4.78, 5) is 23.4. The number of ketones is 1. The molecule has 0 radical (unpaired) electrons. The Morgan fingerprint density at radius 1 is 1.50 bits per heavy atom. The number of ether oxygens (including phenoxy) is 1. The zero-order chi connectivity index (χ0) is 12.2. The molecule has 3 nitrogen and oxygen atoms in total. The molecule has 0 bridgehead atoms. The van der Waals surface area contributed by atoms with Gasteiger partial charge in [0.25, 0.3) is 0 Å². The second-order valence-electron chi connectivity index (χ2n) is 4.03. The Morgan fingerprint density at radius 2 is 2.19 bits per heavy atom. The lowest BCUT2D eigenvalue weighted by Crippen LogP contribution is -2.44. The van der Waals surface area contributed by atoms with Crippen molar-refractivity contribution in [2.24, 2.45) is 5.41 Å². The van der Waals surface area contributed by atoms with E-state index in [1.54, 1.807) is 6.92 Å². The van der Waals surface area contributed by atoms with Crippen molar-refractivity contribution in [3.8, 4) is 0 Å². The third kappa shape index (κ3) is 2.57. The summed E-state index contributed by atoms with van der Waals surface area (Å²) in [5.41, 5.74) is -1.58. The van der Waals surface area contributed by atoms with Crippen LogP contribution in [-0.2, 0) is 14.3 Å². The Bertz CT molecular complexity index is 278. The standard InChI is InChI=1S/C11H16F2O3/c1-2-16-10(15)11(7-9(12)13)6-4-3-5-8(11)14/h9H,2-7H2,1H3. The van der Waals surface area contributed by atoms with Crippen LogP contribution in [0.5, 0.6) is 0 Å². The Morgan fingerprint density at radius 3 is 2.69 bits per heavy atom. The first-order chi connectivity index (χ1) is 7.53. The molecule has 92 valence electrons. The zero-order valence-electron chi connectivity index (χ0n) is 9.30. The van der Waals surface area contributed by atoms with Crippen LogP contribution in [0, 0.1) is 5.41 Å².